The predicted octanol–water partition coefficient (Wildman–Crippen LogP) is 4.41. The predicted molar refractivity (Wildman–Crippen MR) is 97.0 cm³/mol. The van der Waals surface area contributed by atoms with E-state index >= 15 is 0 Å². The number of nitrogens with zero attached hydrogens (tertiary/aromatic N) is 1. The Hall–Kier alpha value is -3.27. The molecule has 0 unspecified atom stereocenters. The standard InChI is InChI=1S/C20H18N2O2/c1-22(17-10-6-3-7-11-17)18-12-16(13-19(23)14-18)21-20(24)15-8-4-2-5-9-15/h2-14,23H,1H3,(H,21,24). The van der Waals surface area contributed by atoms with Crippen LogP contribution in [0.15, 0.2) is 78.9 Å². The van der Waals surface area contributed by atoms with Gasteiger partial charge in [0.2, 0.25) is 0 Å². The van der Waals surface area contributed by atoms with Crippen molar-refractivity contribution < 1.29 is 9.90 Å². The van der Waals surface area contributed by atoms with Gasteiger partial charge in [-0.2, -0.15) is 0 Å². The molecule has 0 fully saturated rings. The first-order valence-electron chi connectivity index (χ1n) is 7.63. The minimum absolute atomic E-state index is 0.0960. The monoisotopic (exact) mass is 318 g/mol. The van der Waals surface area contributed by atoms with Gasteiger partial charge in [-0.15, -0.1) is 0 Å². The summed E-state index contributed by atoms with van der Waals surface area (Å²) >= 11 is 0. The molecule has 24 heavy (non-hydrogen) atoms. The third-order valence-electron chi connectivity index (χ3n) is 3.73. The van der Waals surface area contributed by atoms with E-state index in [-0.39, 0.29) is 11.7 Å². The number of carbonyl (C=O) groups excluding carboxylic acids is 1. The summed E-state index contributed by atoms with van der Waals surface area (Å²) in [5.74, 6) is -0.117. The van der Waals surface area contributed by atoms with Gasteiger partial charge in [0.05, 0.1) is 0 Å². The molecular formula is C20H18N2O2. The number of aromatic hydroxyl groups is 1. The van der Waals surface area contributed by atoms with E-state index in [0.717, 1.165) is 11.4 Å². The quantitative estimate of drug-likeness (QED) is 0.749. The number of phenols is 1. The number of benzene rings is 3. The van der Waals surface area contributed by atoms with E-state index in [4.69, 9.17) is 0 Å². The molecule has 0 atom stereocenters. The lowest BCUT2D eigenvalue weighted by Crippen LogP contribution is -2.13. The van der Waals surface area contributed by atoms with Crippen LogP contribution in [0.1, 0.15) is 10.4 Å². The second-order valence-corrected chi connectivity index (χ2v) is 5.45. The normalized spacial score (nSPS) is 10.2. The van der Waals surface area contributed by atoms with Gasteiger partial charge in [0.15, 0.2) is 0 Å². The van der Waals surface area contributed by atoms with Crippen molar-refractivity contribution in [3.05, 3.63) is 84.4 Å². The molecule has 0 radical (unpaired) electrons. The summed E-state index contributed by atoms with van der Waals surface area (Å²) in [5.41, 5.74) is 2.88. The average molecular weight is 318 g/mol. The van der Waals surface area contributed by atoms with Crippen molar-refractivity contribution in [2.24, 2.45) is 0 Å². The van der Waals surface area contributed by atoms with Crippen LogP contribution in [0.5, 0.6) is 5.75 Å². The van der Waals surface area contributed by atoms with Crippen LogP contribution >= 0.6 is 0 Å². The summed E-state index contributed by atoms with van der Waals surface area (Å²) in [7, 11) is 1.91. The van der Waals surface area contributed by atoms with Crippen LogP contribution in [0, 0.1) is 0 Å². The summed E-state index contributed by atoms with van der Waals surface area (Å²) in [6.45, 7) is 0. The van der Waals surface area contributed by atoms with E-state index in [1.807, 2.05) is 66.5 Å². The third kappa shape index (κ3) is 3.55. The number of phenolic OH excluding ortho intramolecular Hbond substituents is 1. The molecule has 2 N–H and O–H groups in total. The minimum atomic E-state index is -0.213. The average Bonchev–Trinajstić information content (AvgIpc) is 2.62. The number of amides is 1. The molecule has 0 saturated heterocycles. The van der Waals surface area contributed by atoms with Crippen molar-refractivity contribution >= 4 is 23.0 Å². The van der Waals surface area contributed by atoms with E-state index in [9.17, 15) is 9.90 Å². The van der Waals surface area contributed by atoms with Gasteiger partial charge in [-0.05, 0) is 30.3 Å². The van der Waals surface area contributed by atoms with Gasteiger partial charge < -0.3 is 15.3 Å². The number of anilines is 3. The molecule has 0 aliphatic rings. The van der Waals surface area contributed by atoms with Crippen molar-refractivity contribution in [1.82, 2.24) is 0 Å². The van der Waals surface area contributed by atoms with Gasteiger partial charge >= 0.3 is 0 Å². The highest BCUT2D eigenvalue weighted by atomic mass is 16.3. The second-order valence-electron chi connectivity index (χ2n) is 5.45. The van der Waals surface area contributed by atoms with Crippen molar-refractivity contribution in [1.29, 1.82) is 0 Å². The molecule has 0 aliphatic heterocycles. The number of rotatable bonds is 4. The molecule has 0 aliphatic carbocycles. The Kier molecular flexibility index (Phi) is 4.47. The molecule has 0 aromatic heterocycles. The summed E-state index contributed by atoms with van der Waals surface area (Å²) in [5, 5.41) is 12.8. The molecular weight excluding hydrogens is 300 g/mol. The van der Waals surface area contributed by atoms with Gasteiger partial charge in [0, 0.05) is 41.8 Å². The molecule has 3 rings (SSSR count). The lowest BCUT2D eigenvalue weighted by Gasteiger charge is -2.20. The summed E-state index contributed by atoms with van der Waals surface area (Å²) in [6, 6.07) is 23.8. The number of para-hydroxylation sites is 1. The van der Waals surface area contributed by atoms with Crippen LogP contribution in [0.2, 0.25) is 0 Å². The van der Waals surface area contributed by atoms with Crippen LogP contribution in [0.3, 0.4) is 0 Å². The van der Waals surface area contributed by atoms with Crippen LogP contribution < -0.4 is 10.2 Å². The molecule has 0 bridgehead atoms. The highest BCUT2D eigenvalue weighted by molar-refractivity contribution is 6.04. The Labute approximate surface area is 141 Å². The minimum Gasteiger partial charge on any atom is -0.508 e. The second kappa shape index (κ2) is 6.87. The fraction of sp³-hybridized carbons (Fsp3) is 0.0500. The zero-order chi connectivity index (χ0) is 16.9. The van der Waals surface area contributed by atoms with Crippen molar-refractivity contribution in [2.45, 2.75) is 0 Å². The van der Waals surface area contributed by atoms with Crippen molar-refractivity contribution in [3.8, 4) is 5.75 Å². The zero-order valence-corrected chi connectivity index (χ0v) is 13.3. The molecule has 4 heteroatoms. The van der Waals surface area contributed by atoms with E-state index < -0.39 is 0 Å². The summed E-state index contributed by atoms with van der Waals surface area (Å²) in [6.07, 6.45) is 0. The third-order valence-corrected chi connectivity index (χ3v) is 3.73. The van der Waals surface area contributed by atoms with E-state index in [1.54, 1.807) is 18.2 Å². The van der Waals surface area contributed by atoms with Crippen LogP contribution in [-0.2, 0) is 0 Å². The Balaban J connectivity index is 1.85. The van der Waals surface area contributed by atoms with Crippen molar-refractivity contribution in [2.75, 3.05) is 17.3 Å². The molecule has 0 spiro atoms. The Morgan fingerprint density at radius 2 is 1.50 bits per heavy atom. The van der Waals surface area contributed by atoms with Crippen molar-refractivity contribution in [3.63, 3.8) is 0 Å². The Morgan fingerprint density at radius 3 is 2.17 bits per heavy atom. The van der Waals surface area contributed by atoms with Crippen LogP contribution in [0.4, 0.5) is 17.1 Å². The molecule has 3 aromatic carbocycles. The van der Waals surface area contributed by atoms with E-state index in [0.29, 0.717) is 11.3 Å². The highest BCUT2D eigenvalue weighted by Gasteiger charge is 2.10. The smallest absolute Gasteiger partial charge is 0.255 e. The van der Waals surface area contributed by atoms with Crippen LogP contribution in [-0.4, -0.2) is 18.1 Å². The maximum absolute atomic E-state index is 12.3. The number of carbonyl (C=O) groups is 1. The molecule has 120 valence electrons. The van der Waals surface area contributed by atoms with Gasteiger partial charge in [-0.3, -0.25) is 4.79 Å². The topological polar surface area (TPSA) is 52.6 Å². The molecule has 1 amide bonds. The van der Waals surface area contributed by atoms with Gasteiger partial charge in [0.1, 0.15) is 5.75 Å². The molecule has 4 nitrogen and oxygen atoms in total. The first-order chi connectivity index (χ1) is 11.6. The van der Waals surface area contributed by atoms with Gasteiger partial charge in [-0.25, -0.2) is 0 Å². The number of hydrogen-bond donors (Lipinski definition) is 2. The maximum Gasteiger partial charge on any atom is 0.255 e. The maximum atomic E-state index is 12.3. The largest absolute Gasteiger partial charge is 0.508 e. The lowest BCUT2D eigenvalue weighted by molar-refractivity contribution is 0.102. The summed E-state index contributed by atoms with van der Waals surface area (Å²) in [4.78, 5) is 14.2. The van der Waals surface area contributed by atoms with Crippen LogP contribution in [0.25, 0.3) is 0 Å². The molecule has 0 saturated carbocycles. The summed E-state index contributed by atoms with van der Waals surface area (Å²) < 4.78 is 0. The first kappa shape index (κ1) is 15.6. The fourth-order valence-corrected chi connectivity index (χ4v) is 2.45. The highest BCUT2D eigenvalue weighted by Crippen LogP contribution is 2.30. The lowest BCUT2D eigenvalue weighted by atomic mass is 10.2. The van der Waals surface area contributed by atoms with Gasteiger partial charge in [-0.1, -0.05) is 36.4 Å². The van der Waals surface area contributed by atoms with E-state index in [2.05, 4.69) is 5.32 Å². The molecule has 0 heterocycles. The molecule has 3 aromatic rings. The zero-order valence-electron chi connectivity index (χ0n) is 13.3. The number of nitrogens with one attached hydrogen (secondary N) is 1. The van der Waals surface area contributed by atoms with Gasteiger partial charge in [0.25, 0.3) is 5.91 Å². The number of hydrogen-bond acceptors (Lipinski definition) is 3. The SMILES string of the molecule is CN(c1ccccc1)c1cc(O)cc(NC(=O)c2ccccc2)c1. The Morgan fingerprint density at radius 1 is 0.875 bits per heavy atom. The Bertz CT molecular complexity index is 833. The first-order valence-corrected chi connectivity index (χ1v) is 7.63. The van der Waals surface area contributed by atoms with E-state index in [1.165, 1.54) is 6.07 Å². The fourth-order valence-electron chi connectivity index (χ4n) is 2.45.